The lowest BCUT2D eigenvalue weighted by Crippen LogP contribution is -2.21. The summed E-state index contributed by atoms with van der Waals surface area (Å²) in [5.74, 6) is 0.735. The van der Waals surface area contributed by atoms with E-state index in [-0.39, 0.29) is 17.4 Å². The van der Waals surface area contributed by atoms with Crippen LogP contribution in [-0.4, -0.2) is 37.2 Å². The van der Waals surface area contributed by atoms with Gasteiger partial charge in [-0.15, -0.1) is 10.2 Å². The molecule has 0 aliphatic carbocycles. The summed E-state index contributed by atoms with van der Waals surface area (Å²) in [5.41, 5.74) is 5.84. The number of hydrogen-bond acceptors (Lipinski definition) is 6. The summed E-state index contributed by atoms with van der Waals surface area (Å²) in [5, 5.41) is 22.9. The van der Waals surface area contributed by atoms with E-state index >= 15 is 0 Å². The van der Waals surface area contributed by atoms with Crippen LogP contribution in [-0.2, 0) is 4.79 Å². The van der Waals surface area contributed by atoms with Crippen LogP contribution < -0.4 is 5.43 Å². The summed E-state index contributed by atoms with van der Waals surface area (Å²) in [4.78, 5) is 12.4. The predicted octanol–water partition coefficient (Wildman–Crippen LogP) is 5.03. The van der Waals surface area contributed by atoms with Crippen molar-refractivity contribution in [3.63, 3.8) is 0 Å². The van der Waals surface area contributed by atoms with Gasteiger partial charge in [-0.2, -0.15) is 5.10 Å². The Labute approximate surface area is 203 Å². The number of nitrogens with zero attached hydrogens (tertiary/aromatic N) is 4. The Morgan fingerprint density at radius 1 is 1.03 bits per heavy atom. The van der Waals surface area contributed by atoms with Gasteiger partial charge in [0.2, 0.25) is 0 Å². The van der Waals surface area contributed by atoms with Crippen LogP contribution in [0, 0.1) is 0 Å². The molecular formula is C24H20BrN5O2S. The number of phenolic OH excluding ortho intramolecular Hbond substituents is 1. The van der Waals surface area contributed by atoms with E-state index in [1.165, 1.54) is 11.8 Å². The van der Waals surface area contributed by atoms with Crippen molar-refractivity contribution >= 4 is 39.3 Å². The Kier molecular flexibility index (Phi) is 7.21. The minimum atomic E-state index is -0.259. The van der Waals surface area contributed by atoms with Crippen molar-refractivity contribution < 1.29 is 9.90 Å². The molecule has 1 aromatic heterocycles. The van der Waals surface area contributed by atoms with Gasteiger partial charge in [0.05, 0.1) is 11.5 Å². The largest absolute Gasteiger partial charge is 0.508 e. The van der Waals surface area contributed by atoms with E-state index < -0.39 is 0 Å². The van der Waals surface area contributed by atoms with E-state index in [0.717, 1.165) is 21.3 Å². The second-order valence-corrected chi connectivity index (χ2v) is 8.91. The number of carbonyl (C=O) groups is 1. The maximum atomic E-state index is 12.4. The number of benzene rings is 3. The number of hydrogen-bond donors (Lipinski definition) is 2. The zero-order valence-electron chi connectivity index (χ0n) is 17.6. The van der Waals surface area contributed by atoms with Gasteiger partial charge in [0.25, 0.3) is 5.91 Å². The number of nitrogens with one attached hydrogen (secondary N) is 1. The Bertz CT molecular complexity index is 1270. The molecule has 0 bridgehead atoms. The van der Waals surface area contributed by atoms with Crippen LogP contribution in [0.4, 0.5) is 0 Å². The van der Waals surface area contributed by atoms with E-state index in [0.29, 0.717) is 16.7 Å². The highest BCUT2D eigenvalue weighted by Gasteiger charge is 2.17. The SMILES string of the molecule is C/C(=N\NC(=O)CSc1nnc(-c2ccccc2)n1-c1ccc(Br)cc1)c1ccc(O)cc1. The number of hydrazone groups is 1. The molecule has 0 atom stereocenters. The molecule has 2 N–H and O–H groups in total. The van der Waals surface area contributed by atoms with Crippen molar-refractivity contribution in [1.82, 2.24) is 20.2 Å². The van der Waals surface area contributed by atoms with Crippen molar-refractivity contribution in [2.45, 2.75) is 12.1 Å². The molecule has 0 saturated carbocycles. The number of rotatable bonds is 7. The highest BCUT2D eigenvalue weighted by molar-refractivity contribution is 9.10. The Hall–Kier alpha value is -3.43. The molecule has 0 radical (unpaired) electrons. The van der Waals surface area contributed by atoms with Gasteiger partial charge in [-0.25, -0.2) is 5.43 Å². The van der Waals surface area contributed by atoms with Crippen molar-refractivity contribution in [3.05, 3.63) is 88.9 Å². The Morgan fingerprint density at radius 2 is 1.73 bits per heavy atom. The minimum absolute atomic E-state index is 0.121. The molecule has 1 heterocycles. The lowest BCUT2D eigenvalue weighted by molar-refractivity contribution is -0.118. The molecule has 1 amide bonds. The van der Waals surface area contributed by atoms with Gasteiger partial charge in [0.15, 0.2) is 11.0 Å². The fourth-order valence-electron chi connectivity index (χ4n) is 3.04. The first-order chi connectivity index (χ1) is 16.0. The summed E-state index contributed by atoms with van der Waals surface area (Å²) in [6, 6.07) is 24.3. The zero-order valence-corrected chi connectivity index (χ0v) is 20.0. The summed E-state index contributed by atoms with van der Waals surface area (Å²) in [6.07, 6.45) is 0. The summed E-state index contributed by atoms with van der Waals surface area (Å²) in [6.45, 7) is 1.79. The molecule has 0 aliphatic heterocycles. The van der Waals surface area contributed by atoms with Crippen molar-refractivity contribution in [3.8, 4) is 22.8 Å². The third kappa shape index (κ3) is 5.68. The van der Waals surface area contributed by atoms with Crippen molar-refractivity contribution in [2.24, 2.45) is 5.10 Å². The van der Waals surface area contributed by atoms with E-state index in [9.17, 15) is 9.90 Å². The monoisotopic (exact) mass is 521 g/mol. The third-order valence-corrected chi connectivity index (χ3v) is 6.17. The maximum Gasteiger partial charge on any atom is 0.250 e. The normalized spacial score (nSPS) is 11.4. The quantitative estimate of drug-likeness (QED) is 0.202. The molecule has 3 aromatic carbocycles. The molecule has 0 spiro atoms. The first-order valence-corrected chi connectivity index (χ1v) is 11.8. The molecule has 33 heavy (non-hydrogen) atoms. The molecule has 0 unspecified atom stereocenters. The number of thioether (sulfide) groups is 1. The number of aromatic hydroxyl groups is 1. The van der Waals surface area contributed by atoms with Crippen LogP contribution in [0.15, 0.2) is 93.6 Å². The second kappa shape index (κ2) is 10.5. The number of amides is 1. The van der Waals surface area contributed by atoms with Crippen LogP contribution in [0.3, 0.4) is 0 Å². The molecule has 4 aromatic rings. The Balaban J connectivity index is 1.51. The zero-order chi connectivity index (χ0) is 23.2. The van der Waals surface area contributed by atoms with Gasteiger partial charge in [-0.1, -0.05) is 58.0 Å². The predicted molar refractivity (Wildman–Crippen MR) is 134 cm³/mol. The van der Waals surface area contributed by atoms with Gasteiger partial charge in [0, 0.05) is 15.7 Å². The van der Waals surface area contributed by atoms with Crippen LogP contribution in [0.5, 0.6) is 5.75 Å². The van der Waals surface area contributed by atoms with Gasteiger partial charge in [-0.3, -0.25) is 9.36 Å². The molecule has 166 valence electrons. The lowest BCUT2D eigenvalue weighted by atomic mass is 10.1. The van der Waals surface area contributed by atoms with Gasteiger partial charge < -0.3 is 5.11 Å². The van der Waals surface area contributed by atoms with Gasteiger partial charge in [0.1, 0.15) is 5.75 Å². The van der Waals surface area contributed by atoms with Crippen molar-refractivity contribution in [2.75, 3.05) is 5.75 Å². The topological polar surface area (TPSA) is 92.4 Å². The van der Waals surface area contributed by atoms with Gasteiger partial charge in [-0.05, 0) is 61.0 Å². The van der Waals surface area contributed by atoms with E-state index in [1.807, 2.05) is 59.2 Å². The standard InChI is InChI=1S/C24H20BrN5O2S/c1-16(17-7-13-21(31)14-8-17)26-27-22(32)15-33-24-29-28-23(18-5-3-2-4-6-18)30(24)20-11-9-19(25)10-12-20/h2-14,31H,15H2,1H3,(H,27,32)/b26-16+. The maximum absolute atomic E-state index is 12.4. The molecule has 9 heteroatoms. The van der Waals surface area contributed by atoms with Crippen LogP contribution in [0.2, 0.25) is 0 Å². The van der Waals surface area contributed by atoms with E-state index in [1.54, 1.807) is 31.2 Å². The third-order valence-electron chi connectivity index (χ3n) is 4.72. The van der Waals surface area contributed by atoms with E-state index in [2.05, 4.69) is 36.7 Å². The molecular weight excluding hydrogens is 502 g/mol. The fourth-order valence-corrected chi connectivity index (χ4v) is 4.04. The van der Waals surface area contributed by atoms with Crippen molar-refractivity contribution in [1.29, 1.82) is 0 Å². The van der Waals surface area contributed by atoms with E-state index in [4.69, 9.17) is 0 Å². The molecule has 0 saturated heterocycles. The lowest BCUT2D eigenvalue weighted by Gasteiger charge is -2.10. The minimum Gasteiger partial charge on any atom is -0.508 e. The first-order valence-electron chi connectivity index (χ1n) is 10.0. The summed E-state index contributed by atoms with van der Waals surface area (Å²) < 4.78 is 2.90. The molecule has 0 aliphatic rings. The highest BCUT2D eigenvalue weighted by Crippen LogP contribution is 2.28. The summed E-state index contributed by atoms with van der Waals surface area (Å²) in [7, 11) is 0. The number of phenols is 1. The highest BCUT2D eigenvalue weighted by atomic mass is 79.9. The number of halogens is 1. The molecule has 0 fully saturated rings. The molecule has 4 rings (SSSR count). The number of carbonyl (C=O) groups excluding carboxylic acids is 1. The fraction of sp³-hybridized carbons (Fsp3) is 0.0833. The number of aromatic nitrogens is 3. The average molecular weight is 522 g/mol. The Morgan fingerprint density at radius 3 is 2.42 bits per heavy atom. The van der Waals surface area contributed by atoms with Crippen LogP contribution in [0.1, 0.15) is 12.5 Å². The second-order valence-electron chi connectivity index (χ2n) is 7.05. The van der Waals surface area contributed by atoms with Crippen LogP contribution >= 0.6 is 27.7 Å². The molecule has 7 nitrogen and oxygen atoms in total. The van der Waals surface area contributed by atoms with Gasteiger partial charge >= 0.3 is 0 Å². The first kappa shape index (κ1) is 22.8. The average Bonchev–Trinajstić information content (AvgIpc) is 3.26. The summed E-state index contributed by atoms with van der Waals surface area (Å²) >= 11 is 4.75. The smallest absolute Gasteiger partial charge is 0.250 e. The van der Waals surface area contributed by atoms with Crippen LogP contribution in [0.25, 0.3) is 17.1 Å².